The zero-order valence-corrected chi connectivity index (χ0v) is 26.2. The van der Waals surface area contributed by atoms with E-state index in [0.29, 0.717) is 32.2 Å². The van der Waals surface area contributed by atoms with Crippen molar-refractivity contribution < 1.29 is 9.59 Å². The fourth-order valence-corrected chi connectivity index (χ4v) is 5.24. The summed E-state index contributed by atoms with van der Waals surface area (Å²) in [6.45, 7) is 10.7. The van der Waals surface area contributed by atoms with Crippen LogP contribution >= 0.6 is 36.2 Å². The van der Waals surface area contributed by atoms with Gasteiger partial charge in [0.2, 0.25) is 5.91 Å². The number of likely N-dealkylation sites (N-methyl/N-ethyl adjacent to an activating group) is 1. The number of aromatic nitrogens is 1. The Kier molecular flexibility index (Phi) is 12.9. The first-order chi connectivity index (χ1) is 18.2. The maximum absolute atomic E-state index is 13.4. The third-order valence-electron chi connectivity index (χ3n) is 6.76. The molecule has 1 aromatic heterocycles. The molecule has 0 atom stereocenters. The lowest BCUT2D eigenvalue weighted by Gasteiger charge is -2.31. The number of carbonyl (C=O) groups is 2. The summed E-state index contributed by atoms with van der Waals surface area (Å²) in [4.78, 5) is 32.9. The summed E-state index contributed by atoms with van der Waals surface area (Å²) in [6.07, 6.45) is 0. The van der Waals surface area contributed by atoms with Crippen LogP contribution < -0.4 is 10.6 Å². The number of halogens is 2. The van der Waals surface area contributed by atoms with Crippen molar-refractivity contribution >= 4 is 53.7 Å². The molecule has 0 saturated heterocycles. The molecule has 0 saturated carbocycles. The molecular weight excluding hydrogens is 567 g/mol. The van der Waals surface area contributed by atoms with E-state index in [1.165, 1.54) is 11.1 Å². The molecule has 8 nitrogen and oxygen atoms in total. The molecule has 11 heteroatoms. The first-order valence-electron chi connectivity index (χ1n) is 13.1. The number of benzene rings is 2. The van der Waals surface area contributed by atoms with E-state index in [0.717, 1.165) is 27.5 Å². The molecule has 0 spiro atoms. The predicted octanol–water partition coefficient (Wildman–Crippen LogP) is 4.90. The van der Waals surface area contributed by atoms with E-state index in [9.17, 15) is 9.59 Å². The van der Waals surface area contributed by atoms with Crippen molar-refractivity contribution in [3.05, 3.63) is 70.2 Å². The maximum Gasteiger partial charge on any atom is 0.256 e. The first kappa shape index (κ1) is 33.5. The van der Waals surface area contributed by atoms with E-state index in [-0.39, 0.29) is 49.7 Å². The number of amides is 2. The second-order valence-corrected chi connectivity index (χ2v) is 11.0. The number of aryl methyl sites for hydroxylation is 2. The van der Waals surface area contributed by atoms with Gasteiger partial charge in [0.05, 0.1) is 6.54 Å². The van der Waals surface area contributed by atoms with Crippen LogP contribution in [0.25, 0.3) is 10.6 Å². The van der Waals surface area contributed by atoms with Crippen molar-refractivity contribution in [3.63, 3.8) is 0 Å². The van der Waals surface area contributed by atoms with Crippen LogP contribution in [-0.4, -0.2) is 71.0 Å². The van der Waals surface area contributed by atoms with Gasteiger partial charge < -0.3 is 15.5 Å². The van der Waals surface area contributed by atoms with E-state index < -0.39 is 0 Å². The summed E-state index contributed by atoms with van der Waals surface area (Å²) in [5.41, 5.74) is 6.42. The van der Waals surface area contributed by atoms with Gasteiger partial charge in [0.1, 0.15) is 11.6 Å². The van der Waals surface area contributed by atoms with Crippen molar-refractivity contribution in [2.75, 3.05) is 38.5 Å². The van der Waals surface area contributed by atoms with E-state index in [1.807, 2.05) is 48.5 Å². The Bertz CT molecular complexity index is 1260. The molecule has 1 aliphatic heterocycles. The summed E-state index contributed by atoms with van der Waals surface area (Å²) in [5, 5.41) is 13.3. The molecule has 2 N–H and O–H groups in total. The number of carbonyl (C=O) groups excluding carboxylic acids is 2. The monoisotopic (exact) mass is 606 g/mol. The second kappa shape index (κ2) is 15.3. The molecule has 4 rings (SSSR count). The highest BCUT2D eigenvalue weighted by Crippen LogP contribution is 2.28. The van der Waals surface area contributed by atoms with Crippen LogP contribution in [0.4, 0.5) is 5.69 Å². The van der Waals surface area contributed by atoms with Gasteiger partial charge in [0.15, 0.2) is 0 Å². The minimum absolute atomic E-state index is 0. The van der Waals surface area contributed by atoms with Crippen LogP contribution in [0, 0.1) is 13.8 Å². The van der Waals surface area contributed by atoms with Gasteiger partial charge in [-0.05, 0) is 36.6 Å². The van der Waals surface area contributed by atoms with Crippen LogP contribution in [0.3, 0.4) is 0 Å². The minimum atomic E-state index is -0.114. The highest BCUT2D eigenvalue weighted by molar-refractivity contribution is 7.13. The lowest BCUT2D eigenvalue weighted by Crippen LogP contribution is -2.49. The average Bonchev–Trinajstić information content (AvgIpc) is 3.53. The average molecular weight is 608 g/mol. The third kappa shape index (κ3) is 8.65. The largest absolute Gasteiger partial charge is 0.376 e. The van der Waals surface area contributed by atoms with E-state index >= 15 is 0 Å². The molecule has 0 fully saturated rings. The SMILES string of the molecule is Cc1csc(-c2ccc(C)c(NCC(=O)N(CCNC(C)C)CC(=O)N(C)N3Cc4ccccc4C3)c2)n1.Cl.Cl. The number of fused-ring (bicyclic) bond motifs is 1. The quantitative estimate of drug-likeness (QED) is 0.323. The van der Waals surface area contributed by atoms with E-state index in [4.69, 9.17) is 0 Å². The number of hydrogen-bond acceptors (Lipinski definition) is 7. The van der Waals surface area contributed by atoms with Gasteiger partial charge in [0.25, 0.3) is 5.91 Å². The van der Waals surface area contributed by atoms with Crippen LogP contribution in [0.2, 0.25) is 0 Å². The van der Waals surface area contributed by atoms with Crippen molar-refractivity contribution in [2.45, 2.75) is 46.8 Å². The molecule has 1 aliphatic rings. The van der Waals surface area contributed by atoms with Crippen molar-refractivity contribution in [1.82, 2.24) is 25.2 Å². The molecule has 2 heterocycles. The van der Waals surface area contributed by atoms with Gasteiger partial charge in [-0.3, -0.25) is 14.6 Å². The Morgan fingerprint density at radius 2 is 1.73 bits per heavy atom. The standard InChI is InChI=1S/C29H38N6O2S.2ClH/c1-20(2)30-12-13-34(18-28(37)33(5)35-16-24-8-6-7-9-25(24)17-35)27(36)15-31-26-14-23(11-10-21(26)3)29-32-22(4)19-38-29;;/h6-11,14,19-20,30-31H,12-13,15-18H2,1-5H3;2*1H. The minimum Gasteiger partial charge on any atom is -0.376 e. The second-order valence-electron chi connectivity index (χ2n) is 10.1. The topological polar surface area (TPSA) is 80.8 Å². The van der Waals surface area contributed by atoms with Gasteiger partial charge >= 0.3 is 0 Å². The number of hydrazine groups is 1. The molecule has 0 unspecified atom stereocenters. The smallest absolute Gasteiger partial charge is 0.256 e. The number of rotatable bonds is 11. The van der Waals surface area contributed by atoms with E-state index in [2.05, 4.69) is 47.7 Å². The third-order valence-corrected chi connectivity index (χ3v) is 7.77. The highest BCUT2D eigenvalue weighted by Gasteiger charge is 2.27. The van der Waals surface area contributed by atoms with Gasteiger partial charge in [-0.2, -0.15) is 0 Å². The number of nitrogens with zero attached hydrogens (tertiary/aromatic N) is 4. The van der Waals surface area contributed by atoms with Crippen LogP contribution in [0.5, 0.6) is 0 Å². The van der Waals surface area contributed by atoms with Crippen LogP contribution in [-0.2, 0) is 22.7 Å². The Morgan fingerprint density at radius 1 is 1.05 bits per heavy atom. The summed E-state index contributed by atoms with van der Waals surface area (Å²) >= 11 is 1.61. The summed E-state index contributed by atoms with van der Waals surface area (Å²) in [5.74, 6) is -0.218. The normalized spacial score (nSPS) is 12.3. The highest BCUT2D eigenvalue weighted by atomic mass is 35.5. The summed E-state index contributed by atoms with van der Waals surface area (Å²) < 4.78 is 0. The summed E-state index contributed by atoms with van der Waals surface area (Å²) in [6, 6.07) is 14.7. The Hall–Kier alpha value is -2.69. The first-order valence-corrected chi connectivity index (χ1v) is 14.0. The molecule has 0 radical (unpaired) electrons. The zero-order valence-electron chi connectivity index (χ0n) is 23.8. The zero-order chi connectivity index (χ0) is 27.2. The Morgan fingerprint density at radius 3 is 2.33 bits per heavy atom. The lowest BCUT2D eigenvalue weighted by atomic mass is 10.1. The number of nitrogens with one attached hydrogen (secondary N) is 2. The van der Waals surface area contributed by atoms with Gasteiger partial charge in [-0.25, -0.2) is 9.99 Å². The van der Waals surface area contributed by atoms with E-state index in [1.54, 1.807) is 28.3 Å². The van der Waals surface area contributed by atoms with Gasteiger partial charge in [0, 0.05) is 61.6 Å². The molecule has 218 valence electrons. The Labute approximate surface area is 253 Å². The molecule has 0 bridgehead atoms. The van der Waals surface area contributed by atoms with Gasteiger partial charge in [-0.15, -0.1) is 36.2 Å². The van der Waals surface area contributed by atoms with Crippen molar-refractivity contribution in [2.24, 2.45) is 0 Å². The lowest BCUT2D eigenvalue weighted by molar-refractivity contribution is -0.151. The van der Waals surface area contributed by atoms with Gasteiger partial charge in [-0.1, -0.05) is 50.2 Å². The molecule has 2 amide bonds. The van der Waals surface area contributed by atoms with Crippen molar-refractivity contribution in [3.8, 4) is 10.6 Å². The van der Waals surface area contributed by atoms with Crippen LogP contribution in [0.1, 0.15) is 36.2 Å². The predicted molar refractivity (Wildman–Crippen MR) is 168 cm³/mol. The molecule has 0 aliphatic carbocycles. The Balaban J connectivity index is 0.00000280. The van der Waals surface area contributed by atoms with Crippen LogP contribution in [0.15, 0.2) is 47.8 Å². The van der Waals surface area contributed by atoms with Crippen molar-refractivity contribution in [1.29, 1.82) is 0 Å². The number of hydrogen-bond donors (Lipinski definition) is 2. The number of anilines is 1. The maximum atomic E-state index is 13.4. The number of thiazole rings is 1. The molecule has 2 aromatic carbocycles. The summed E-state index contributed by atoms with van der Waals surface area (Å²) in [7, 11) is 1.79. The fraction of sp³-hybridized carbons (Fsp3) is 0.414. The molecule has 3 aromatic rings. The fourth-order valence-electron chi connectivity index (χ4n) is 4.45. The molecule has 40 heavy (non-hydrogen) atoms. The molecular formula is C29H40Cl2N6O2S.